The van der Waals surface area contributed by atoms with Crippen molar-refractivity contribution in [3.8, 4) is 5.75 Å². The minimum absolute atomic E-state index is 0.0583. The van der Waals surface area contributed by atoms with Crippen LogP contribution < -0.4 is 10.1 Å². The number of carbonyl (C=O) groups is 2. The highest BCUT2D eigenvalue weighted by Crippen LogP contribution is 2.26. The van der Waals surface area contributed by atoms with Crippen molar-refractivity contribution in [2.45, 2.75) is 18.9 Å². The Labute approximate surface area is 161 Å². The Hall–Kier alpha value is -3.35. The number of fused-ring (bicyclic) bond motifs is 1. The van der Waals surface area contributed by atoms with Crippen molar-refractivity contribution >= 4 is 22.8 Å². The summed E-state index contributed by atoms with van der Waals surface area (Å²) in [5.74, 6) is -0.508. The van der Waals surface area contributed by atoms with Gasteiger partial charge in [-0.25, -0.2) is 4.39 Å². The van der Waals surface area contributed by atoms with Crippen LogP contribution in [-0.2, 0) is 20.7 Å². The van der Waals surface area contributed by atoms with E-state index < -0.39 is 17.8 Å². The summed E-state index contributed by atoms with van der Waals surface area (Å²) in [6, 6.07) is 10.4. The van der Waals surface area contributed by atoms with Gasteiger partial charge in [-0.1, -0.05) is 12.1 Å². The Balaban J connectivity index is 1.76. The molecule has 28 heavy (non-hydrogen) atoms. The van der Waals surface area contributed by atoms with Crippen LogP contribution in [0.4, 0.5) is 4.39 Å². The van der Waals surface area contributed by atoms with E-state index in [1.807, 2.05) is 6.07 Å². The molecule has 146 valence electrons. The predicted molar refractivity (Wildman–Crippen MR) is 100 cm³/mol. The molecule has 0 aliphatic rings. The summed E-state index contributed by atoms with van der Waals surface area (Å²) >= 11 is 0. The number of nitrogens with one attached hydrogen (secondary N) is 1. The molecule has 7 heteroatoms. The first-order chi connectivity index (χ1) is 13.5. The molecule has 1 N–H and O–H groups in total. The van der Waals surface area contributed by atoms with Gasteiger partial charge in [-0.05, 0) is 29.8 Å². The van der Waals surface area contributed by atoms with Crippen LogP contribution in [0, 0.1) is 5.82 Å². The minimum atomic E-state index is -0.626. The van der Waals surface area contributed by atoms with Gasteiger partial charge in [0.05, 0.1) is 39.4 Å². The number of benzene rings is 2. The second-order valence-corrected chi connectivity index (χ2v) is 6.25. The van der Waals surface area contributed by atoms with E-state index in [0.29, 0.717) is 22.5 Å². The molecular weight excluding hydrogens is 365 g/mol. The SMILES string of the molecule is COC(=O)C[C@H](NC(=O)Cc1coc2cc(OC)ccc12)c1ccc(F)cc1. The molecule has 3 rings (SSSR count). The summed E-state index contributed by atoms with van der Waals surface area (Å²) in [4.78, 5) is 24.3. The Bertz CT molecular complexity index is 980. The van der Waals surface area contributed by atoms with Gasteiger partial charge in [-0.15, -0.1) is 0 Å². The largest absolute Gasteiger partial charge is 0.497 e. The topological polar surface area (TPSA) is 77.8 Å². The van der Waals surface area contributed by atoms with E-state index in [2.05, 4.69) is 5.32 Å². The standard InChI is InChI=1S/C21H20FNO5/c1-26-16-7-8-17-14(12-28-19(17)10-16)9-20(24)23-18(11-21(25)27-2)13-3-5-15(22)6-4-13/h3-8,10,12,18H,9,11H2,1-2H3,(H,23,24)/t18-/m0/s1. The normalized spacial score (nSPS) is 11.8. The van der Waals surface area contributed by atoms with Crippen molar-refractivity contribution in [3.05, 3.63) is 65.7 Å². The molecule has 0 saturated heterocycles. The molecule has 0 bridgehead atoms. The maximum absolute atomic E-state index is 13.2. The quantitative estimate of drug-likeness (QED) is 0.630. The zero-order chi connectivity index (χ0) is 20.1. The fourth-order valence-electron chi connectivity index (χ4n) is 2.94. The third kappa shape index (κ3) is 4.49. The predicted octanol–water partition coefficient (Wildman–Crippen LogP) is 3.54. The average Bonchev–Trinajstić information content (AvgIpc) is 3.09. The van der Waals surface area contributed by atoms with E-state index in [-0.39, 0.29) is 18.7 Å². The van der Waals surface area contributed by atoms with E-state index in [1.165, 1.54) is 37.6 Å². The Morgan fingerprint density at radius 2 is 1.89 bits per heavy atom. The number of rotatable bonds is 7. The second-order valence-electron chi connectivity index (χ2n) is 6.25. The van der Waals surface area contributed by atoms with Crippen LogP contribution in [0.15, 0.2) is 53.1 Å². The van der Waals surface area contributed by atoms with E-state index in [0.717, 1.165) is 5.39 Å². The van der Waals surface area contributed by atoms with Crippen LogP contribution in [0.1, 0.15) is 23.6 Å². The minimum Gasteiger partial charge on any atom is -0.497 e. The number of hydrogen-bond donors (Lipinski definition) is 1. The maximum atomic E-state index is 13.2. The highest BCUT2D eigenvalue weighted by molar-refractivity contribution is 5.88. The molecule has 1 atom stereocenters. The summed E-state index contributed by atoms with van der Waals surface area (Å²) in [6.45, 7) is 0. The lowest BCUT2D eigenvalue weighted by atomic mass is 10.0. The number of halogens is 1. The molecule has 0 fully saturated rings. The van der Waals surface area contributed by atoms with Gasteiger partial charge in [0.25, 0.3) is 0 Å². The number of carbonyl (C=O) groups excluding carboxylic acids is 2. The summed E-state index contributed by atoms with van der Waals surface area (Å²) in [7, 11) is 2.84. The van der Waals surface area contributed by atoms with Crippen LogP contribution >= 0.6 is 0 Å². The van der Waals surface area contributed by atoms with Gasteiger partial charge in [0, 0.05) is 17.0 Å². The molecule has 1 aromatic heterocycles. The third-order valence-electron chi connectivity index (χ3n) is 4.42. The third-order valence-corrected chi connectivity index (χ3v) is 4.42. The molecule has 1 heterocycles. The number of furan rings is 1. The van der Waals surface area contributed by atoms with Crippen LogP contribution in [0.2, 0.25) is 0 Å². The van der Waals surface area contributed by atoms with Gasteiger partial charge in [0.15, 0.2) is 0 Å². The number of methoxy groups -OCH3 is 2. The molecule has 3 aromatic rings. The van der Waals surface area contributed by atoms with E-state index in [9.17, 15) is 14.0 Å². The Morgan fingerprint density at radius 3 is 2.57 bits per heavy atom. The first kappa shape index (κ1) is 19.4. The molecule has 6 nitrogen and oxygen atoms in total. The van der Waals surface area contributed by atoms with Crippen LogP contribution in [-0.4, -0.2) is 26.1 Å². The van der Waals surface area contributed by atoms with Gasteiger partial charge >= 0.3 is 5.97 Å². The Morgan fingerprint density at radius 1 is 1.14 bits per heavy atom. The lowest BCUT2D eigenvalue weighted by Gasteiger charge is -2.18. The zero-order valence-electron chi connectivity index (χ0n) is 15.5. The maximum Gasteiger partial charge on any atom is 0.307 e. The van der Waals surface area contributed by atoms with Crippen molar-refractivity contribution in [1.29, 1.82) is 0 Å². The van der Waals surface area contributed by atoms with Crippen LogP contribution in [0.5, 0.6) is 5.75 Å². The highest BCUT2D eigenvalue weighted by atomic mass is 19.1. The summed E-state index contributed by atoms with van der Waals surface area (Å²) < 4.78 is 28.6. The fourth-order valence-corrected chi connectivity index (χ4v) is 2.94. The number of amides is 1. The van der Waals surface area contributed by atoms with Crippen molar-refractivity contribution < 1.29 is 27.9 Å². The number of esters is 1. The van der Waals surface area contributed by atoms with E-state index >= 15 is 0 Å². The lowest BCUT2D eigenvalue weighted by molar-refractivity contribution is -0.141. The second kappa shape index (κ2) is 8.56. The summed E-state index contributed by atoms with van der Waals surface area (Å²) in [5.41, 5.74) is 1.94. The van der Waals surface area contributed by atoms with Crippen LogP contribution in [0.25, 0.3) is 11.0 Å². The molecule has 0 saturated carbocycles. The van der Waals surface area contributed by atoms with E-state index in [1.54, 1.807) is 19.2 Å². The smallest absolute Gasteiger partial charge is 0.307 e. The monoisotopic (exact) mass is 385 g/mol. The van der Waals surface area contributed by atoms with Gasteiger partial charge in [0.1, 0.15) is 17.1 Å². The number of ether oxygens (including phenoxy) is 2. The van der Waals surface area contributed by atoms with Gasteiger partial charge in [-0.3, -0.25) is 9.59 Å². The first-order valence-electron chi connectivity index (χ1n) is 8.66. The molecule has 2 aromatic carbocycles. The van der Waals surface area contributed by atoms with Gasteiger partial charge in [0.2, 0.25) is 5.91 Å². The highest BCUT2D eigenvalue weighted by Gasteiger charge is 2.20. The molecule has 1 amide bonds. The molecule has 0 aliphatic carbocycles. The summed E-state index contributed by atoms with van der Waals surface area (Å²) in [5, 5.41) is 3.62. The van der Waals surface area contributed by atoms with Crippen molar-refractivity contribution in [1.82, 2.24) is 5.32 Å². The van der Waals surface area contributed by atoms with E-state index in [4.69, 9.17) is 13.9 Å². The Kier molecular flexibility index (Phi) is 5.93. The fraction of sp³-hybridized carbons (Fsp3) is 0.238. The molecular formula is C21H20FNO5. The summed E-state index contributed by atoms with van der Waals surface area (Å²) in [6.07, 6.45) is 1.53. The van der Waals surface area contributed by atoms with Gasteiger partial charge in [-0.2, -0.15) is 0 Å². The molecule has 0 spiro atoms. The molecule has 0 aliphatic heterocycles. The first-order valence-corrected chi connectivity index (χ1v) is 8.66. The average molecular weight is 385 g/mol. The van der Waals surface area contributed by atoms with Crippen LogP contribution in [0.3, 0.4) is 0 Å². The van der Waals surface area contributed by atoms with Crippen molar-refractivity contribution in [3.63, 3.8) is 0 Å². The molecule has 0 radical (unpaired) electrons. The number of hydrogen-bond acceptors (Lipinski definition) is 5. The molecule has 0 unspecified atom stereocenters. The zero-order valence-corrected chi connectivity index (χ0v) is 15.5. The van der Waals surface area contributed by atoms with Crippen molar-refractivity contribution in [2.24, 2.45) is 0 Å². The lowest BCUT2D eigenvalue weighted by Crippen LogP contribution is -2.31. The van der Waals surface area contributed by atoms with Gasteiger partial charge < -0.3 is 19.2 Å². The van der Waals surface area contributed by atoms with Crippen molar-refractivity contribution in [2.75, 3.05) is 14.2 Å².